The van der Waals surface area contributed by atoms with Crippen LogP contribution in [0.25, 0.3) is 0 Å². The summed E-state index contributed by atoms with van der Waals surface area (Å²) in [6, 6.07) is 6.48. The van der Waals surface area contributed by atoms with E-state index in [-0.39, 0.29) is 29.4 Å². The molecule has 0 radical (unpaired) electrons. The van der Waals surface area contributed by atoms with E-state index in [9.17, 15) is 14.9 Å². The Morgan fingerprint density at radius 3 is 2.52 bits per heavy atom. The van der Waals surface area contributed by atoms with Gasteiger partial charge in [0.25, 0.3) is 5.69 Å². The molecule has 0 aliphatic heterocycles. The predicted molar refractivity (Wildman–Crippen MR) is 101 cm³/mol. The lowest BCUT2D eigenvalue weighted by molar-refractivity contribution is -0.384. The number of hydrogen-bond acceptors (Lipinski definition) is 5. The first-order chi connectivity index (χ1) is 11.6. The van der Waals surface area contributed by atoms with E-state index < -0.39 is 4.92 Å². The lowest BCUT2D eigenvalue weighted by Crippen LogP contribution is -2.39. The second-order valence-corrected chi connectivity index (χ2v) is 6.49. The first-order valence-corrected chi connectivity index (χ1v) is 8.50. The number of benzene rings is 1. The Bertz CT molecular complexity index is 577. The number of nitro groups is 1. The molecule has 1 aliphatic carbocycles. The number of amides is 1. The molecule has 2 rings (SSSR count). The molecule has 0 aromatic heterocycles. The molecule has 1 fully saturated rings. The Morgan fingerprint density at radius 2 is 1.88 bits per heavy atom. The maximum absolute atomic E-state index is 12.2. The van der Waals surface area contributed by atoms with E-state index in [1.807, 2.05) is 0 Å². The summed E-state index contributed by atoms with van der Waals surface area (Å²) in [6.45, 7) is 1.41. The molecule has 1 aliphatic rings. The molecule has 1 saturated carbocycles. The minimum atomic E-state index is -0.422. The van der Waals surface area contributed by atoms with Gasteiger partial charge in [0, 0.05) is 25.6 Å². The molecular formula is C17H27ClN4O3. The van der Waals surface area contributed by atoms with Crippen molar-refractivity contribution in [1.29, 1.82) is 0 Å². The number of para-hydroxylation sites is 2. The predicted octanol–water partition coefficient (Wildman–Crippen LogP) is 2.84. The van der Waals surface area contributed by atoms with E-state index in [0.29, 0.717) is 31.7 Å². The summed E-state index contributed by atoms with van der Waals surface area (Å²) in [7, 11) is 0. The Balaban J connectivity index is 0.00000312. The number of halogens is 1. The van der Waals surface area contributed by atoms with Crippen LogP contribution in [0.1, 0.15) is 38.5 Å². The van der Waals surface area contributed by atoms with Gasteiger partial charge in [-0.2, -0.15) is 0 Å². The zero-order chi connectivity index (χ0) is 17.4. The van der Waals surface area contributed by atoms with Crippen LogP contribution in [0.3, 0.4) is 0 Å². The molecule has 4 N–H and O–H groups in total. The van der Waals surface area contributed by atoms with Gasteiger partial charge in [0.05, 0.1) is 4.92 Å². The summed E-state index contributed by atoms with van der Waals surface area (Å²) in [5.41, 5.74) is 6.35. The van der Waals surface area contributed by atoms with Crippen LogP contribution in [0.5, 0.6) is 0 Å². The highest BCUT2D eigenvalue weighted by Gasteiger charge is 2.32. The van der Waals surface area contributed by atoms with E-state index in [1.54, 1.807) is 18.2 Å². The number of carbonyl (C=O) groups is 1. The molecular weight excluding hydrogens is 344 g/mol. The van der Waals surface area contributed by atoms with Crippen LogP contribution in [0, 0.1) is 15.5 Å². The topological polar surface area (TPSA) is 110 Å². The van der Waals surface area contributed by atoms with Crippen molar-refractivity contribution < 1.29 is 9.72 Å². The highest BCUT2D eigenvalue weighted by Crippen LogP contribution is 2.38. The number of anilines is 1. The van der Waals surface area contributed by atoms with E-state index in [2.05, 4.69) is 10.6 Å². The summed E-state index contributed by atoms with van der Waals surface area (Å²) < 4.78 is 0. The fourth-order valence-electron chi connectivity index (χ4n) is 3.34. The molecule has 8 heteroatoms. The van der Waals surface area contributed by atoms with Crippen molar-refractivity contribution in [2.75, 3.05) is 25.0 Å². The van der Waals surface area contributed by atoms with Crippen molar-refractivity contribution in [3.8, 4) is 0 Å². The lowest BCUT2D eigenvalue weighted by Gasteiger charge is -2.35. The normalized spacial score (nSPS) is 15.7. The molecule has 0 unspecified atom stereocenters. The van der Waals surface area contributed by atoms with Crippen LogP contribution >= 0.6 is 12.4 Å². The van der Waals surface area contributed by atoms with Gasteiger partial charge in [-0.1, -0.05) is 31.4 Å². The molecule has 1 aromatic carbocycles. The van der Waals surface area contributed by atoms with Gasteiger partial charge in [0.1, 0.15) is 5.69 Å². The average molecular weight is 371 g/mol. The van der Waals surface area contributed by atoms with Crippen LogP contribution in [-0.2, 0) is 4.79 Å². The highest BCUT2D eigenvalue weighted by atomic mass is 35.5. The largest absolute Gasteiger partial charge is 0.378 e. The molecule has 0 heterocycles. The number of rotatable bonds is 8. The van der Waals surface area contributed by atoms with Gasteiger partial charge >= 0.3 is 0 Å². The molecule has 0 atom stereocenters. The molecule has 1 amide bonds. The standard InChI is InChI=1S/C17H26N4O3.ClH/c18-13-17(8-4-1-5-9-17)12-16(22)20-11-10-19-14-6-2-3-7-15(14)21(23)24;/h2-3,6-7,19H,1,4-5,8-13,18H2,(H,20,22);1H. The second-order valence-electron chi connectivity index (χ2n) is 6.49. The third kappa shape index (κ3) is 6.17. The number of nitrogens with one attached hydrogen (secondary N) is 2. The third-order valence-electron chi connectivity index (χ3n) is 4.75. The summed E-state index contributed by atoms with van der Waals surface area (Å²) in [5, 5.41) is 16.8. The Morgan fingerprint density at radius 1 is 1.20 bits per heavy atom. The number of nitro benzene ring substituents is 1. The molecule has 0 bridgehead atoms. The molecule has 140 valence electrons. The van der Waals surface area contributed by atoms with E-state index in [4.69, 9.17) is 5.73 Å². The van der Waals surface area contributed by atoms with Crippen molar-refractivity contribution in [2.45, 2.75) is 38.5 Å². The zero-order valence-corrected chi connectivity index (χ0v) is 15.1. The quantitative estimate of drug-likeness (QED) is 0.370. The van der Waals surface area contributed by atoms with Gasteiger partial charge in [-0.15, -0.1) is 12.4 Å². The van der Waals surface area contributed by atoms with Crippen LogP contribution in [0.2, 0.25) is 0 Å². The number of carbonyl (C=O) groups excluding carboxylic acids is 1. The van der Waals surface area contributed by atoms with E-state index >= 15 is 0 Å². The Kier molecular flexibility index (Phi) is 8.65. The fraction of sp³-hybridized carbons (Fsp3) is 0.588. The van der Waals surface area contributed by atoms with Crippen molar-refractivity contribution in [1.82, 2.24) is 5.32 Å². The van der Waals surface area contributed by atoms with Gasteiger partial charge in [-0.3, -0.25) is 14.9 Å². The summed E-state index contributed by atoms with van der Waals surface area (Å²) in [6.07, 6.45) is 6.02. The third-order valence-corrected chi connectivity index (χ3v) is 4.75. The van der Waals surface area contributed by atoms with Gasteiger partial charge in [-0.25, -0.2) is 0 Å². The number of nitrogens with two attached hydrogens (primary N) is 1. The first kappa shape index (κ1) is 21.2. The van der Waals surface area contributed by atoms with Crippen LogP contribution < -0.4 is 16.4 Å². The van der Waals surface area contributed by atoms with E-state index in [0.717, 1.165) is 25.7 Å². The molecule has 7 nitrogen and oxygen atoms in total. The van der Waals surface area contributed by atoms with Gasteiger partial charge in [0.2, 0.25) is 5.91 Å². The zero-order valence-electron chi connectivity index (χ0n) is 14.3. The highest BCUT2D eigenvalue weighted by molar-refractivity contribution is 5.85. The summed E-state index contributed by atoms with van der Waals surface area (Å²) in [4.78, 5) is 22.7. The minimum absolute atomic E-state index is 0. The minimum Gasteiger partial charge on any atom is -0.378 e. The molecule has 0 spiro atoms. The van der Waals surface area contributed by atoms with Crippen LogP contribution in [0.15, 0.2) is 24.3 Å². The van der Waals surface area contributed by atoms with Crippen molar-refractivity contribution in [2.24, 2.45) is 11.1 Å². The smallest absolute Gasteiger partial charge is 0.292 e. The van der Waals surface area contributed by atoms with Crippen LogP contribution in [-0.4, -0.2) is 30.5 Å². The van der Waals surface area contributed by atoms with Crippen molar-refractivity contribution >= 4 is 29.7 Å². The summed E-state index contributed by atoms with van der Waals surface area (Å²) >= 11 is 0. The van der Waals surface area contributed by atoms with E-state index in [1.165, 1.54) is 12.5 Å². The lowest BCUT2D eigenvalue weighted by atomic mass is 9.71. The van der Waals surface area contributed by atoms with Gasteiger partial charge in [-0.05, 0) is 30.9 Å². The summed E-state index contributed by atoms with van der Waals surface area (Å²) in [5.74, 6) is 0.00621. The number of nitrogens with zero attached hydrogens (tertiary/aromatic N) is 1. The fourth-order valence-corrected chi connectivity index (χ4v) is 3.34. The van der Waals surface area contributed by atoms with Crippen molar-refractivity contribution in [3.05, 3.63) is 34.4 Å². The van der Waals surface area contributed by atoms with Gasteiger partial charge < -0.3 is 16.4 Å². The Hall–Kier alpha value is -1.86. The molecule has 0 saturated heterocycles. The molecule has 25 heavy (non-hydrogen) atoms. The van der Waals surface area contributed by atoms with Crippen LogP contribution in [0.4, 0.5) is 11.4 Å². The monoisotopic (exact) mass is 370 g/mol. The van der Waals surface area contributed by atoms with Crippen molar-refractivity contribution in [3.63, 3.8) is 0 Å². The first-order valence-electron chi connectivity index (χ1n) is 8.50. The maximum Gasteiger partial charge on any atom is 0.292 e. The molecule has 1 aromatic rings. The maximum atomic E-state index is 12.2. The second kappa shape index (κ2) is 10.2. The average Bonchev–Trinajstić information content (AvgIpc) is 2.59. The van der Waals surface area contributed by atoms with Gasteiger partial charge in [0.15, 0.2) is 0 Å². The SMILES string of the molecule is Cl.NCC1(CC(=O)NCCNc2ccccc2[N+](=O)[O-])CCCCC1. The Labute approximate surface area is 154 Å². The number of hydrogen-bond donors (Lipinski definition) is 3.